The summed E-state index contributed by atoms with van der Waals surface area (Å²) in [5.41, 5.74) is 3.62. The highest BCUT2D eigenvalue weighted by molar-refractivity contribution is 5.96. The second kappa shape index (κ2) is 9.71. The van der Waals surface area contributed by atoms with Crippen molar-refractivity contribution in [1.82, 2.24) is 15.1 Å². The summed E-state index contributed by atoms with van der Waals surface area (Å²) in [4.78, 5) is 17.4. The zero-order valence-corrected chi connectivity index (χ0v) is 18.2. The summed E-state index contributed by atoms with van der Waals surface area (Å²) in [6.45, 7) is 6.06. The Balaban J connectivity index is 1.40. The Hall–Kier alpha value is -3.25. The fourth-order valence-corrected chi connectivity index (χ4v) is 3.89. The van der Waals surface area contributed by atoms with Crippen LogP contribution in [-0.2, 0) is 4.79 Å². The van der Waals surface area contributed by atoms with Crippen LogP contribution in [-0.4, -0.2) is 54.2 Å². The fourth-order valence-electron chi connectivity index (χ4n) is 3.89. The molecule has 6 heteroatoms. The zero-order valence-electron chi connectivity index (χ0n) is 18.2. The lowest BCUT2D eigenvalue weighted by Crippen LogP contribution is -2.44. The molecule has 4 rings (SSSR count). The van der Waals surface area contributed by atoms with Gasteiger partial charge in [0, 0.05) is 37.4 Å². The number of likely N-dealkylation sites (N-methyl/N-ethyl adjacent to an activating group) is 1. The molecular formula is C25H29N5O. The molecule has 1 amide bonds. The van der Waals surface area contributed by atoms with Gasteiger partial charge in [-0.3, -0.25) is 4.79 Å². The van der Waals surface area contributed by atoms with Crippen LogP contribution in [0.3, 0.4) is 0 Å². The van der Waals surface area contributed by atoms with Crippen LogP contribution in [0.2, 0.25) is 0 Å². The van der Waals surface area contributed by atoms with Gasteiger partial charge in [-0.05, 0) is 43.3 Å². The molecule has 0 bridgehead atoms. The van der Waals surface area contributed by atoms with Crippen molar-refractivity contribution in [1.29, 1.82) is 0 Å². The van der Waals surface area contributed by atoms with E-state index in [-0.39, 0.29) is 11.8 Å². The maximum absolute atomic E-state index is 12.8. The van der Waals surface area contributed by atoms with Crippen molar-refractivity contribution in [3.05, 3.63) is 72.3 Å². The minimum Gasteiger partial charge on any atom is -0.353 e. The molecule has 2 aromatic carbocycles. The van der Waals surface area contributed by atoms with E-state index in [1.165, 1.54) is 0 Å². The Kier molecular flexibility index (Phi) is 6.57. The van der Waals surface area contributed by atoms with E-state index in [4.69, 9.17) is 0 Å². The van der Waals surface area contributed by atoms with E-state index in [0.717, 1.165) is 60.9 Å². The van der Waals surface area contributed by atoms with Gasteiger partial charge < -0.3 is 15.1 Å². The molecule has 0 spiro atoms. The van der Waals surface area contributed by atoms with E-state index in [9.17, 15) is 4.79 Å². The second-order valence-corrected chi connectivity index (χ2v) is 8.01. The first kappa shape index (κ1) is 21.0. The number of rotatable bonds is 6. The van der Waals surface area contributed by atoms with Gasteiger partial charge in [0.15, 0.2) is 5.82 Å². The van der Waals surface area contributed by atoms with Crippen molar-refractivity contribution in [2.45, 2.75) is 19.3 Å². The van der Waals surface area contributed by atoms with Crippen LogP contribution >= 0.6 is 0 Å². The Morgan fingerprint density at radius 2 is 1.65 bits per heavy atom. The molecule has 1 aromatic heterocycles. The molecule has 0 radical (unpaired) electrons. The van der Waals surface area contributed by atoms with Crippen LogP contribution in [0.15, 0.2) is 66.7 Å². The number of carbonyl (C=O) groups excluding carboxylic acids is 1. The van der Waals surface area contributed by atoms with Crippen molar-refractivity contribution in [2.24, 2.45) is 0 Å². The molecule has 1 atom stereocenters. The van der Waals surface area contributed by atoms with Gasteiger partial charge in [-0.15, -0.1) is 10.2 Å². The molecule has 2 heterocycles. The molecule has 31 heavy (non-hydrogen) atoms. The number of anilines is 2. The Bertz CT molecular complexity index is 981. The van der Waals surface area contributed by atoms with Gasteiger partial charge in [-0.2, -0.15) is 0 Å². The third kappa shape index (κ3) is 5.09. The summed E-state index contributed by atoms with van der Waals surface area (Å²) < 4.78 is 0. The fraction of sp³-hybridized carbons (Fsp3) is 0.320. The van der Waals surface area contributed by atoms with Crippen LogP contribution in [0.4, 0.5) is 11.5 Å². The Labute approximate surface area is 183 Å². The molecular weight excluding hydrogens is 386 g/mol. The lowest BCUT2D eigenvalue weighted by Gasteiger charge is -2.32. The molecule has 3 aromatic rings. The number of hydrogen-bond acceptors (Lipinski definition) is 5. The van der Waals surface area contributed by atoms with E-state index < -0.39 is 0 Å². The number of aromatic nitrogens is 2. The van der Waals surface area contributed by atoms with Crippen LogP contribution < -0.4 is 10.2 Å². The molecule has 1 aliphatic heterocycles. The molecule has 1 fully saturated rings. The summed E-state index contributed by atoms with van der Waals surface area (Å²) in [6.07, 6.45) is 0.753. The summed E-state index contributed by atoms with van der Waals surface area (Å²) >= 11 is 0. The molecule has 1 N–H and O–H groups in total. The summed E-state index contributed by atoms with van der Waals surface area (Å²) in [7, 11) is 2.14. The SMILES string of the molecule is CC[C@@H](C(=O)Nc1ccc(-c2ccc(N3CCN(C)CC3)nn2)cc1)c1ccccc1. The summed E-state index contributed by atoms with van der Waals surface area (Å²) in [5, 5.41) is 11.9. The van der Waals surface area contributed by atoms with Gasteiger partial charge >= 0.3 is 0 Å². The predicted molar refractivity (Wildman–Crippen MR) is 125 cm³/mol. The molecule has 6 nitrogen and oxygen atoms in total. The molecule has 0 aliphatic carbocycles. The van der Waals surface area contributed by atoms with Crippen molar-refractivity contribution in [3.63, 3.8) is 0 Å². The van der Waals surface area contributed by atoms with E-state index in [2.05, 4.69) is 32.4 Å². The molecule has 1 saturated heterocycles. The number of amides is 1. The first-order valence-corrected chi connectivity index (χ1v) is 10.9. The first-order valence-electron chi connectivity index (χ1n) is 10.9. The topological polar surface area (TPSA) is 61.4 Å². The van der Waals surface area contributed by atoms with Gasteiger partial charge in [0.2, 0.25) is 5.91 Å². The van der Waals surface area contributed by atoms with Crippen molar-refractivity contribution in [3.8, 4) is 11.3 Å². The minimum absolute atomic E-state index is 0.0118. The van der Waals surface area contributed by atoms with E-state index in [1.807, 2.05) is 73.7 Å². The first-order chi connectivity index (χ1) is 15.1. The third-order valence-corrected chi connectivity index (χ3v) is 5.85. The van der Waals surface area contributed by atoms with Gasteiger partial charge in [-0.1, -0.05) is 49.4 Å². The Morgan fingerprint density at radius 1 is 0.935 bits per heavy atom. The van der Waals surface area contributed by atoms with Crippen molar-refractivity contribution >= 4 is 17.4 Å². The maximum Gasteiger partial charge on any atom is 0.231 e. The predicted octanol–water partition coefficient (Wildman–Crippen LogP) is 4.03. The van der Waals surface area contributed by atoms with Gasteiger partial charge in [0.05, 0.1) is 11.6 Å². The normalized spacial score (nSPS) is 15.5. The van der Waals surface area contributed by atoms with E-state index in [1.54, 1.807) is 0 Å². The highest BCUT2D eigenvalue weighted by Gasteiger charge is 2.19. The van der Waals surface area contributed by atoms with Gasteiger partial charge in [0.25, 0.3) is 0 Å². The van der Waals surface area contributed by atoms with Crippen molar-refractivity contribution in [2.75, 3.05) is 43.4 Å². The van der Waals surface area contributed by atoms with E-state index >= 15 is 0 Å². The molecule has 0 unspecified atom stereocenters. The number of hydrogen-bond donors (Lipinski definition) is 1. The maximum atomic E-state index is 12.8. The van der Waals surface area contributed by atoms with Gasteiger partial charge in [0.1, 0.15) is 0 Å². The standard InChI is InChI=1S/C25H29N5O/c1-3-22(19-7-5-4-6-8-19)25(31)26-21-11-9-20(10-12-21)23-13-14-24(28-27-23)30-17-15-29(2)16-18-30/h4-14,22H,3,15-18H2,1-2H3,(H,26,31)/t22-/m1/s1. The van der Waals surface area contributed by atoms with Crippen molar-refractivity contribution < 1.29 is 4.79 Å². The van der Waals surface area contributed by atoms with Crippen LogP contribution in [0.1, 0.15) is 24.8 Å². The third-order valence-electron chi connectivity index (χ3n) is 5.85. The van der Waals surface area contributed by atoms with Crippen LogP contribution in [0, 0.1) is 0 Å². The number of carbonyl (C=O) groups is 1. The Morgan fingerprint density at radius 3 is 2.26 bits per heavy atom. The lowest BCUT2D eigenvalue weighted by atomic mass is 9.95. The second-order valence-electron chi connectivity index (χ2n) is 8.01. The lowest BCUT2D eigenvalue weighted by molar-refractivity contribution is -0.117. The summed E-state index contributed by atoms with van der Waals surface area (Å²) in [5.74, 6) is 0.777. The van der Waals surface area contributed by atoms with Gasteiger partial charge in [-0.25, -0.2) is 0 Å². The highest BCUT2D eigenvalue weighted by atomic mass is 16.1. The van der Waals surface area contributed by atoms with E-state index in [0.29, 0.717) is 0 Å². The number of nitrogens with one attached hydrogen (secondary N) is 1. The quantitative estimate of drug-likeness (QED) is 0.659. The number of benzene rings is 2. The molecule has 1 aliphatic rings. The molecule has 160 valence electrons. The number of nitrogens with zero attached hydrogens (tertiary/aromatic N) is 4. The smallest absolute Gasteiger partial charge is 0.231 e. The summed E-state index contributed by atoms with van der Waals surface area (Å²) in [6, 6.07) is 21.7. The zero-order chi connectivity index (χ0) is 21.6. The highest BCUT2D eigenvalue weighted by Crippen LogP contribution is 2.24. The largest absolute Gasteiger partial charge is 0.353 e. The van der Waals surface area contributed by atoms with Crippen LogP contribution in [0.25, 0.3) is 11.3 Å². The minimum atomic E-state index is -0.158. The van der Waals surface area contributed by atoms with Crippen LogP contribution in [0.5, 0.6) is 0 Å². The average Bonchev–Trinajstić information content (AvgIpc) is 2.81. The average molecular weight is 416 g/mol. The number of piperazine rings is 1. The monoisotopic (exact) mass is 415 g/mol. The molecule has 0 saturated carbocycles.